The Kier molecular flexibility index (Phi) is 3.60. The first-order chi connectivity index (χ1) is 8.63. The molecule has 0 atom stereocenters. The minimum absolute atomic E-state index is 0.104. The number of nitrogen functional groups attached to an aromatic ring is 1. The van der Waals surface area contributed by atoms with Crippen LogP contribution in [-0.2, 0) is 16.6 Å². The summed E-state index contributed by atoms with van der Waals surface area (Å²) in [5, 5.41) is 0. The van der Waals surface area contributed by atoms with Crippen LogP contribution in [0.4, 0.5) is 5.69 Å². The second-order valence-corrected chi connectivity index (χ2v) is 5.28. The van der Waals surface area contributed by atoms with E-state index in [9.17, 15) is 8.42 Å². The number of nitrogens with one attached hydrogen (secondary N) is 3. The van der Waals surface area contributed by atoms with E-state index in [2.05, 4.69) is 20.1 Å². The van der Waals surface area contributed by atoms with Crippen molar-refractivity contribution in [2.45, 2.75) is 11.4 Å². The van der Waals surface area contributed by atoms with Gasteiger partial charge in [0.05, 0.1) is 18.6 Å². The average Bonchev–Trinajstić information content (AvgIpc) is 2.89. The van der Waals surface area contributed by atoms with E-state index >= 15 is 0 Å². The van der Waals surface area contributed by atoms with Crippen LogP contribution in [-0.4, -0.2) is 18.4 Å². The largest absolute Gasteiger partial charge is 0.347 e. The SMILES string of the molecule is NNc1ccccc1S(=O)(=O)NCc1cnc[nH]1. The zero-order valence-corrected chi connectivity index (χ0v) is 10.2. The molecule has 5 N–H and O–H groups in total. The van der Waals surface area contributed by atoms with E-state index in [0.717, 1.165) is 0 Å². The van der Waals surface area contributed by atoms with Crippen molar-refractivity contribution >= 4 is 15.7 Å². The summed E-state index contributed by atoms with van der Waals surface area (Å²) in [6, 6.07) is 6.39. The van der Waals surface area contributed by atoms with Gasteiger partial charge in [0.25, 0.3) is 0 Å². The summed E-state index contributed by atoms with van der Waals surface area (Å²) < 4.78 is 26.6. The van der Waals surface area contributed by atoms with Crippen LogP contribution in [0.1, 0.15) is 5.69 Å². The van der Waals surface area contributed by atoms with Gasteiger partial charge in [0, 0.05) is 11.9 Å². The Balaban J connectivity index is 2.20. The van der Waals surface area contributed by atoms with Crippen LogP contribution in [0.25, 0.3) is 0 Å². The van der Waals surface area contributed by atoms with Gasteiger partial charge in [0.1, 0.15) is 4.90 Å². The van der Waals surface area contributed by atoms with Gasteiger partial charge >= 0.3 is 0 Å². The molecule has 0 unspecified atom stereocenters. The smallest absolute Gasteiger partial charge is 0.243 e. The molecule has 7 nitrogen and oxygen atoms in total. The number of rotatable bonds is 5. The van der Waals surface area contributed by atoms with Crippen LogP contribution < -0.4 is 16.0 Å². The molecule has 0 amide bonds. The number of anilines is 1. The highest BCUT2D eigenvalue weighted by Crippen LogP contribution is 2.19. The molecule has 1 aromatic heterocycles. The maximum absolute atomic E-state index is 12.1. The van der Waals surface area contributed by atoms with Gasteiger partial charge in [0.2, 0.25) is 10.0 Å². The quantitative estimate of drug-likeness (QED) is 0.456. The third-order valence-corrected chi connectivity index (χ3v) is 3.80. The van der Waals surface area contributed by atoms with E-state index in [1.54, 1.807) is 24.4 Å². The normalized spacial score (nSPS) is 11.4. The zero-order valence-electron chi connectivity index (χ0n) is 9.42. The van der Waals surface area contributed by atoms with Gasteiger partial charge in [-0.3, -0.25) is 5.84 Å². The number of H-pyrrole nitrogens is 1. The fourth-order valence-corrected chi connectivity index (χ4v) is 2.63. The molecule has 96 valence electrons. The summed E-state index contributed by atoms with van der Waals surface area (Å²) in [4.78, 5) is 6.72. The summed E-state index contributed by atoms with van der Waals surface area (Å²) in [6.07, 6.45) is 3.04. The summed E-state index contributed by atoms with van der Waals surface area (Å²) in [7, 11) is -3.62. The third kappa shape index (κ3) is 2.67. The number of imidazole rings is 1. The lowest BCUT2D eigenvalue weighted by Gasteiger charge is -2.10. The fourth-order valence-electron chi connectivity index (χ4n) is 1.45. The van der Waals surface area contributed by atoms with Gasteiger partial charge in [-0.15, -0.1) is 0 Å². The van der Waals surface area contributed by atoms with Crippen molar-refractivity contribution in [2.24, 2.45) is 5.84 Å². The fraction of sp³-hybridized carbons (Fsp3) is 0.100. The molecule has 18 heavy (non-hydrogen) atoms. The highest BCUT2D eigenvalue weighted by atomic mass is 32.2. The Labute approximate surface area is 104 Å². The number of hydrazine groups is 1. The van der Waals surface area contributed by atoms with Gasteiger partial charge in [-0.05, 0) is 12.1 Å². The van der Waals surface area contributed by atoms with E-state index in [1.165, 1.54) is 12.4 Å². The summed E-state index contributed by atoms with van der Waals surface area (Å²) in [5.41, 5.74) is 3.38. The predicted molar refractivity (Wildman–Crippen MR) is 66.9 cm³/mol. The van der Waals surface area contributed by atoms with E-state index in [-0.39, 0.29) is 11.4 Å². The predicted octanol–water partition coefficient (Wildman–Crippen LogP) is 0.174. The van der Waals surface area contributed by atoms with Crippen molar-refractivity contribution in [3.8, 4) is 0 Å². The lowest BCUT2D eigenvalue weighted by Crippen LogP contribution is -2.25. The summed E-state index contributed by atoms with van der Waals surface area (Å²) in [6.45, 7) is 0.140. The molecule has 8 heteroatoms. The molecule has 0 saturated heterocycles. The van der Waals surface area contributed by atoms with Crippen LogP contribution in [0.3, 0.4) is 0 Å². The van der Waals surface area contributed by atoms with Gasteiger partial charge < -0.3 is 10.4 Å². The van der Waals surface area contributed by atoms with E-state index in [0.29, 0.717) is 11.4 Å². The number of aromatic nitrogens is 2. The molecule has 0 fully saturated rings. The van der Waals surface area contributed by atoms with E-state index in [4.69, 9.17) is 5.84 Å². The number of aromatic amines is 1. The number of para-hydroxylation sites is 1. The highest BCUT2D eigenvalue weighted by Gasteiger charge is 2.17. The molecular weight excluding hydrogens is 254 g/mol. The first-order valence-electron chi connectivity index (χ1n) is 5.16. The lowest BCUT2D eigenvalue weighted by molar-refractivity contribution is 0.581. The number of benzene rings is 1. The van der Waals surface area contributed by atoms with Crippen LogP contribution in [0.5, 0.6) is 0 Å². The topological polar surface area (TPSA) is 113 Å². The Morgan fingerprint density at radius 1 is 1.33 bits per heavy atom. The lowest BCUT2D eigenvalue weighted by atomic mass is 10.3. The third-order valence-electron chi connectivity index (χ3n) is 2.34. The van der Waals surface area contributed by atoms with Crippen molar-refractivity contribution in [2.75, 3.05) is 5.43 Å². The van der Waals surface area contributed by atoms with Crippen LogP contribution in [0.15, 0.2) is 41.7 Å². The van der Waals surface area contributed by atoms with E-state index in [1.807, 2.05) is 0 Å². The van der Waals surface area contributed by atoms with Gasteiger partial charge in [-0.1, -0.05) is 12.1 Å². The highest BCUT2D eigenvalue weighted by molar-refractivity contribution is 7.89. The Hall–Kier alpha value is -1.90. The molecule has 0 aliphatic carbocycles. The van der Waals surface area contributed by atoms with Crippen LogP contribution >= 0.6 is 0 Å². The van der Waals surface area contributed by atoms with E-state index < -0.39 is 10.0 Å². The molecule has 0 radical (unpaired) electrons. The zero-order chi connectivity index (χ0) is 13.0. The molecule has 0 bridgehead atoms. The average molecular weight is 267 g/mol. The number of nitrogens with zero attached hydrogens (tertiary/aromatic N) is 1. The summed E-state index contributed by atoms with van der Waals surface area (Å²) in [5.74, 6) is 5.28. The minimum atomic E-state index is -3.62. The Morgan fingerprint density at radius 2 is 2.11 bits per heavy atom. The van der Waals surface area contributed by atoms with Crippen molar-refractivity contribution in [3.05, 3.63) is 42.5 Å². The first kappa shape index (κ1) is 12.6. The number of hydrogen-bond acceptors (Lipinski definition) is 5. The van der Waals surface area contributed by atoms with Crippen molar-refractivity contribution in [1.29, 1.82) is 0 Å². The van der Waals surface area contributed by atoms with Gasteiger partial charge in [-0.2, -0.15) is 0 Å². The number of nitrogens with two attached hydrogens (primary N) is 1. The minimum Gasteiger partial charge on any atom is -0.347 e. The maximum atomic E-state index is 12.1. The monoisotopic (exact) mass is 267 g/mol. The molecule has 2 aromatic rings. The van der Waals surface area contributed by atoms with Crippen LogP contribution in [0, 0.1) is 0 Å². The molecule has 0 aliphatic rings. The van der Waals surface area contributed by atoms with Crippen molar-refractivity contribution in [3.63, 3.8) is 0 Å². The number of sulfonamides is 1. The molecule has 1 aromatic carbocycles. The summed E-state index contributed by atoms with van der Waals surface area (Å²) >= 11 is 0. The van der Waals surface area contributed by atoms with Crippen molar-refractivity contribution < 1.29 is 8.42 Å². The first-order valence-corrected chi connectivity index (χ1v) is 6.64. The molecular formula is C10H13N5O2S. The Bertz CT molecular complexity index is 609. The molecule has 2 rings (SSSR count). The molecule has 0 aliphatic heterocycles. The second-order valence-electron chi connectivity index (χ2n) is 3.54. The van der Waals surface area contributed by atoms with Crippen LogP contribution in [0.2, 0.25) is 0 Å². The molecule has 1 heterocycles. The Morgan fingerprint density at radius 3 is 2.78 bits per heavy atom. The van der Waals surface area contributed by atoms with Crippen molar-refractivity contribution in [1.82, 2.24) is 14.7 Å². The number of hydrogen-bond donors (Lipinski definition) is 4. The molecule has 0 saturated carbocycles. The van der Waals surface area contributed by atoms with Gasteiger partial charge in [-0.25, -0.2) is 18.1 Å². The van der Waals surface area contributed by atoms with Gasteiger partial charge in [0.15, 0.2) is 0 Å². The maximum Gasteiger partial charge on any atom is 0.243 e. The standard InChI is InChI=1S/C10H13N5O2S/c11-15-9-3-1-2-4-10(9)18(16,17)14-6-8-5-12-7-13-8/h1-5,7,14-15H,6,11H2,(H,12,13). The second kappa shape index (κ2) is 5.17. The molecule has 0 spiro atoms.